The first kappa shape index (κ1) is 36.8. The molecular formula is C33H66O6. The molecule has 0 unspecified atom stereocenters. The Labute approximate surface area is 240 Å². The van der Waals surface area contributed by atoms with E-state index in [-0.39, 0.29) is 39.6 Å². The second-order valence-corrected chi connectivity index (χ2v) is 12.6. The summed E-state index contributed by atoms with van der Waals surface area (Å²) < 4.78 is 0. The summed E-state index contributed by atoms with van der Waals surface area (Å²) in [4.78, 5) is 0. The van der Waals surface area contributed by atoms with Crippen molar-refractivity contribution < 1.29 is 30.6 Å². The van der Waals surface area contributed by atoms with Crippen LogP contribution in [-0.4, -0.2) is 70.3 Å². The molecule has 6 N–H and O–H groups in total. The first-order valence-electron chi connectivity index (χ1n) is 16.7. The van der Waals surface area contributed by atoms with E-state index in [9.17, 15) is 30.6 Å². The molecule has 6 nitrogen and oxygen atoms in total. The Kier molecular flexibility index (Phi) is 21.1. The molecule has 39 heavy (non-hydrogen) atoms. The van der Waals surface area contributed by atoms with Crippen LogP contribution in [0, 0.1) is 16.2 Å². The lowest BCUT2D eigenvalue weighted by atomic mass is 9.42. The second kappa shape index (κ2) is 22.4. The third kappa shape index (κ3) is 11.5. The van der Waals surface area contributed by atoms with E-state index in [2.05, 4.69) is 0 Å². The monoisotopic (exact) mass is 558 g/mol. The van der Waals surface area contributed by atoms with Crippen LogP contribution < -0.4 is 0 Å². The van der Waals surface area contributed by atoms with Crippen LogP contribution in [0.2, 0.25) is 0 Å². The van der Waals surface area contributed by atoms with Gasteiger partial charge in [-0.3, -0.25) is 0 Å². The van der Waals surface area contributed by atoms with E-state index >= 15 is 0 Å². The third-order valence-electron chi connectivity index (χ3n) is 10.5. The van der Waals surface area contributed by atoms with Gasteiger partial charge in [0.05, 0.1) is 0 Å². The number of hydrogen-bond acceptors (Lipinski definition) is 6. The van der Waals surface area contributed by atoms with Crippen LogP contribution in [0.1, 0.15) is 154 Å². The van der Waals surface area contributed by atoms with Gasteiger partial charge in [0, 0.05) is 39.6 Å². The Morgan fingerprint density at radius 2 is 0.487 bits per heavy atom. The molecule has 234 valence electrons. The van der Waals surface area contributed by atoms with E-state index in [1.165, 1.54) is 77.0 Å². The summed E-state index contributed by atoms with van der Waals surface area (Å²) >= 11 is 0. The minimum Gasteiger partial charge on any atom is -0.396 e. The van der Waals surface area contributed by atoms with Gasteiger partial charge in [-0.2, -0.15) is 0 Å². The van der Waals surface area contributed by atoms with Crippen molar-refractivity contribution in [3.63, 3.8) is 0 Å². The van der Waals surface area contributed by atoms with Crippen molar-refractivity contribution in [1.82, 2.24) is 0 Å². The van der Waals surface area contributed by atoms with Gasteiger partial charge >= 0.3 is 0 Å². The smallest absolute Gasteiger partial charge is 0.0436 e. The lowest BCUT2D eigenvalue weighted by Gasteiger charge is -2.62. The lowest BCUT2D eigenvalue weighted by Crippen LogP contribution is -2.56. The van der Waals surface area contributed by atoms with E-state index in [1.807, 2.05) is 0 Å². The van der Waals surface area contributed by atoms with E-state index < -0.39 is 16.2 Å². The Balaban J connectivity index is 3.48. The maximum absolute atomic E-state index is 10.5. The van der Waals surface area contributed by atoms with Gasteiger partial charge in [-0.15, -0.1) is 0 Å². The molecule has 1 fully saturated rings. The van der Waals surface area contributed by atoms with Crippen molar-refractivity contribution in [3.8, 4) is 0 Å². The summed E-state index contributed by atoms with van der Waals surface area (Å²) in [5.74, 6) is 0. The van der Waals surface area contributed by atoms with Gasteiger partial charge in [-0.25, -0.2) is 0 Å². The van der Waals surface area contributed by atoms with Crippen molar-refractivity contribution in [2.45, 2.75) is 154 Å². The topological polar surface area (TPSA) is 121 Å². The Hall–Kier alpha value is -0.240. The van der Waals surface area contributed by atoms with E-state index in [0.717, 1.165) is 38.5 Å². The molecule has 1 rings (SSSR count). The Morgan fingerprint density at radius 1 is 0.282 bits per heavy atom. The standard InChI is InChI=1S/C33H66O6/c34-25-19-31(20-26-35)17-15-13-11-9-7-5-3-1-2-4-6-8-10-12-14-16-18-32(21-27-36,22-28-37)33(31,23-29-38)24-30-39/h34-39H,1-30H2. The lowest BCUT2D eigenvalue weighted by molar-refractivity contribution is -0.159. The highest BCUT2D eigenvalue weighted by molar-refractivity contribution is 5.08. The minimum atomic E-state index is -0.612. The van der Waals surface area contributed by atoms with Crippen LogP contribution >= 0.6 is 0 Å². The van der Waals surface area contributed by atoms with Gasteiger partial charge in [-0.05, 0) is 67.6 Å². The van der Waals surface area contributed by atoms with Gasteiger partial charge in [-0.1, -0.05) is 103 Å². The maximum atomic E-state index is 10.5. The molecule has 0 amide bonds. The molecule has 0 heterocycles. The largest absolute Gasteiger partial charge is 0.396 e. The highest BCUT2D eigenvalue weighted by Crippen LogP contribution is 2.65. The number of aliphatic hydroxyl groups is 6. The summed E-state index contributed by atoms with van der Waals surface area (Å²) in [6.07, 6.45) is 24.1. The predicted molar refractivity (Wildman–Crippen MR) is 161 cm³/mol. The van der Waals surface area contributed by atoms with E-state index in [1.54, 1.807) is 0 Å². The molecule has 0 bridgehead atoms. The summed E-state index contributed by atoms with van der Waals surface area (Å²) in [6.45, 7) is -0.200. The molecule has 0 spiro atoms. The third-order valence-corrected chi connectivity index (χ3v) is 10.5. The molecule has 0 radical (unpaired) electrons. The van der Waals surface area contributed by atoms with Crippen molar-refractivity contribution in [3.05, 3.63) is 0 Å². The van der Waals surface area contributed by atoms with Crippen molar-refractivity contribution in [2.75, 3.05) is 39.6 Å². The first-order chi connectivity index (χ1) is 19.1. The first-order valence-corrected chi connectivity index (χ1v) is 16.7. The van der Waals surface area contributed by atoms with Crippen LogP contribution in [0.25, 0.3) is 0 Å². The van der Waals surface area contributed by atoms with Crippen LogP contribution in [0.15, 0.2) is 0 Å². The van der Waals surface area contributed by atoms with E-state index in [0.29, 0.717) is 38.5 Å². The van der Waals surface area contributed by atoms with Gasteiger partial charge in [0.1, 0.15) is 0 Å². The molecule has 0 aromatic rings. The molecule has 6 heteroatoms. The molecule has 0 aromatic heterocycles. The zero-order valence-electron chi connectivity index (χ0n) is 25.4. The summed E-state index contributed by atoms with van der Waals surface area (Å²) in [5, 5.41) is 62.5. The highest BCUT2D eigenvalue weighted by atomic mass is 16.3. The van der Waals surface area contributed by atoms with Gasteiger partial charge in [0.2, 0.25) is 0 Å². The predicted octanol–water partition coefficient (Wildman–Crippen LogP) is 6.28. The molecule has 0 aliphatic heterocycles. The molecule has 0 saturated heterocycles. The second-order valence-electron chi connectivity index (χ2n) is 12.6. The number of aliphatic hydroxyl groups excluding tert-OH is 6. The van der Waals surface area contributed by atoms with Crippen molar-refractivity contribution >= 4 is 0 Å². The molecule has 1 aliphatic carbocycles. The van der Waals surface area contributed by atoms with Crippen molar-refractivity contribution in [1.29, 1.82) is 0 Å². The normalized spacial score (nSPS) is 22.6. The summed E-state index contributed by atoms with van der Waals surface area (Å²) in [7, 11) is 0. The zero-order valence-corrected chi connectivity index (χ0v) is 25.4. The SMILES string of the molecule is OCCC1(CCO)CCCCCCCCCCCCCCCCCCC(CCO)(CCO)C1(CCO)CCO. The molecule has 1 saturated carbocycles. The molecular weight excluding hydrogens is 492 g/mol. The van der Waals surface area contributed by atoms with Crippen molar-refractivity contribution in [2.24, 2.45) is 16.2 Å². The average molecular weight is 559 g/mol. The fourth-order valence-electron chi connectivity index (χ4n) is 8.57. The minimum absolute atomic E-state index is 0.0209. The fraction of sp³-hybridized carbons (Fsp3) is 1.00. The Morgan fingerprint density at radius 3 is 0.692 bits per heavy atom. The van der Waals surface area contributed by atoms with Gasteiger partial charge < -0.3 is 30.6 Å². The highest BCUT2D eigenvalue weighted by Gasteiger charge is 2.59. The van der Waals surface area contributed by atoms with Crippen LogP contribution in [-0.2, 0) is 0 Å². The quantitative estimate of drug-likeness (QED) is 0.168. The summed E-state index contributed by atoms with van der Waals surface area (Å²) in [5.41, 5.74) is -1.60. The number of rotatable bonds is 12. The molecule has 0 atom stereocenters. The van der Waals surface area contributed by atoms with Crippen LogP contribution in [0.5, 0.6) is 0 Å². The van der Waals surface area contributed by atoms with E-state index in [4.69, 9.17) is 0 Å². The average Bonchev–Trinajstić information content (AvgIpc) is 2.92. The van der Waals surface area contributed by atoms with Gasteiger partial charge in [0.15, 0.2) is 0 Å². The zero-order chi connectivity index (χ0) is 28.7. The van der Waals surface area contributed by atoms with Crippen LogP contribution in [0.3, 0.4) is 0 Å². The molecule has 0 aromatic carbocycles. The summed E-state index contributed by atoms with van der Waals surface area (Å²) in [6, 6.07) is 0. The Bertz CT molecular complexity index is 494. The van der Waals surface area contributed by atoms with Crippen LogP contribution in [0.4, 0.5) is 0 Å². The fourth-order valence-corrected chi connectivity index (χ4v) is 8.57. The number of hydrogen-bond donors (Lipinski definition) is 6. The maximum Gasteiger partial charge on any atom is 0.0436 e. The molecule has 1 aliphatic rings. The van der Waals surface area contributed by atoms with Gasteiger partial charge in [0.25, 0.3) is 0 Å².